The number of aromatic amines is 1. The van der Waals surface area contributed by atoms with Crippen LogP contribution in [-0.2, 0) is 17.6 Å². The zero-order chi connectivity index (χ0) is 19.0. The van der Waals surface area contributed by atoms with E-state index in [0.717, 1.165) is 50.1 Å². The Balaban J connectivity index is 1.57. The van der Waals surface area contributed by atoms with E-state index >= 15 is 0 Å². The van der Waals surface area contributed by atoms with Crippen molar-refractivity contribution in [2.45, 2.75) is 26.7 Å². The summed E-state index contributed by atoms with van der Waals surface area (Å²) in [7, 11) is 0. The van der Waals surface area contributed by atoms with E-state index in [-0.39, 0.29) is 12.3 Å². The molecule has 0 radical (unpaired) electrons. The van der Waals surface area contributed by atoms with Crippen LogP contribution < -0.4 is 5.32 Å². The summed E-state index contributed by atoms with van der Waals surface area (Å²) in [6.45, 7) is 4.49. The van der Waals surface area contributed by atoms with Gasteiger partial charge in [0.05, 0.1) is 18.3 Å². The van der Waals surface area contributed by atoms with Crippen molar-refractivity contribution < 1.29 is 4.79 Å². The van der Waals surface area contributed by atoms with Crippen LogP contribution in [0.3, 0.4) is 0 Å². The minimum atomic E-state index is -0.0266. The monoisotopic (exact) mass is 426 g/mol. The van der Waals surface area contributed by atoms with Crippen LogP contribution in [0.25, 0.3) is 16.6 Å². The fourth-order valence-corrected chi connectivity index (χ4v) is 3.59. The highest BCUT2D eigenvalue weighted by Gasteiger charge is 2.16. The third kappa shape index (κ3) is 3.44. The van der Waals surface area contributed by atoms with Crippen LogP contribution >= 0.6 is 15.9 Å². The lowest BCUT2D eigenvalue weighted by molar-refractivity contribution is -0.120. The summed E-state index contributed by atoms with van der Waals surface area (Å²) in [4.78, 5) is 24.1. The van der Waals surface area contributed by atoms with Crippen LogP contribution in [0.5, 0.6) is 0 Å². The second-order valence-electron chi connectivity index (χ2n) is 6.51. The van der Waals surface area contributed by atoms with Gasteiger partial charge in [-0.2, -0.15) is 5.10 Å². The number of imidazole rings is 1. The fraction of sp³-hybridized carbons (Fsp3) is 0.263. The van der Waals surface area contributed by atoms with Crippen LogP contribution in [0.1, 0.15) is 22.6 Å². The molecule has 3 aromatic heterocycles. The lowest BCUT2D eigenvalue weighted by atomic mass is 10.1. The topological polar surface area (TPSA) is 88.0 Å². The predicted octanol–water partition coefficient (Wildman–Crippen LogP) is 2.89. The van der Waals surface area contributed by atoms with Crippen molar-refractivity contribution in [3.8, 4) is 0 Å². The molecule has 3 heterocycles. The van der Waals surface area contributed by atoms with Crippen molar-refractivity contribution in [1.29, 1.82) is 0 Å². The summed E-state index contributed by atoms with van der Waals surface area (Å²) < 4.78 is 2.81. The molecule has 8 heteroatoms. The van der Waals surface area contributed by atoms with Crippen LogP contribution in [-0.4, -0.2) is 37.0 Å². The van der Waals surface area contributed by atoms with Crippen LogP contribution in [0.15, 0.2) is 35.2 Å². The van der Waals surface area contributed by atoms with E-state index in [9.17, 15) is 4.79 Å². The smallest absolute Gasteiger partial charge is 0.224 e. The Bertz CT molecular complexity index is 1130. The van der Waals surface area contributed by atoms with Crippen molar-refractivity contribution >= 4 is 38.4 Å². The first-order valence-corrected chi connectivity index (χ1v) is 9.50. The SMILES string of the molecule is Cc1nc2c3ccc(Br)cc3nn2c(C)c1CC(=O)NCCc1cnc[nH]1. The number of H-pyrrole nitrogens is 1. The Morgan fingerprint density at radius 2 is 2.19 bits per heavy atom. The Labute approximate surface area is 164 Å². The number of carbonyl (C=O) groups is 1. The van der Waals surface area contributed by atoms with Gasteiger partial charge in [0.25, 0.3) is 0 Å². The van der Waals surface area contributed by atoms with E-state index in [2.05, 4.69) is 36.3 Å². The zero-order valence-electron chi connectivity index (χ0n) is 15.1. The van der Waals surface area contributed by atoms with Crippen molar-refractivity contribution in [3.05, 3.63) is 57.8 Å². The second kappa shape index (κ2) is 7.11. The molecule has 0 saturated heterocycles. The molecule has 0 fully saturated rings. The van der Waals surface area contributed by atoms with Crippen molar-refractivity contribution in [2.75, 3.05) is 6.54 Å². The van der Waals surface area contributed by atoms with Crippen LogP contribution in [0.4, 0.5) is 0 Å². The summed E-state index contributed by atoms with van der Waals surface area (Å²) in [6, 6.07) is 5.97. The summed E-state index contributed by atoms with van der Waals surface area (Å²) in [5, 5.41) is 8.62. The number of aromatic nitrogens is 5. The largest absolute Gasteiger partial charge is 0.355 e. The number of benzene rings is 1. The van der Waals surface area contributed by atoms with Crippen molar-refractivity contribution in [2.24, 2.45) is 0 Å². The molecule has 0 aliphatic heterocycles. The van der Waals surface area contributed by atoms with Gasteiger partial charge >= 0.3 is 0 Å². The molecule has 1 aromatic carbocycles. The molecule has 27 heavy (non-hydrogen) atoms. The number of fused-ring (bicyclic) bond motifs is 3. The van der Waals surface area contributed by atoms with E-state index in [1.165, 1.54) is 0 Å². The summed E-state index contributed by atoms with van der Waals surface area (Å²) in [6.07, 6.45) is 4.40. The molecule has 7 nitrogen and oxygen atoms in total. The van der Waals surface area contributed by atoms with E-state index < -0.39 is 0 Å². The van der Waals surface area contributed by atoms with Crippen LogP contribution in [0.2, 0.25) is 0 Å². The highest BCUT2D eigenvalue weighted by Crippen LogP contribution is 2.25. The van der Waals surface area contributed by atoms with Gasteiger partial charge in [-0.3, -0.25) is 4.79 Å². The van der Waals surface area contributed by atoms with Gasteiger partial charge in [-0.05, 0) is 32.0 Å². The minimum Gasteiger partial charge on any atom is -0.355 e. The fourth-order valence-electron chi connectivity index (χ4n) is 3.24. The number of nitrogens with one attached hydrogen (secondary N) is 2. The lowest BCUT2D eigenvalue weighted by Gasteiger charge is -2.11. The average molecular weight is 427 g/mol. The number of carbonyl (C=O) groups excluding carboxylic acids is 1. The predicted molar refractivity (Wildman–Crippen MR) is 107 cm³/mol. The first-order chi connectivity index (χ1) is 13.0. The number of rotatable bonds is 5. The van der Waals surface area contributed by atoms with Gasteiger partial charge < -0.3 is 10.3 Å². The molecule has 0 aliphatic carbocycles. The number of halogens is 1. The number of aryl methyl sites for hydroxylation is 2. The maximum atomic E-state index is 12.4. The highest BCUT2D eigenvalue weighted by molar-refractivity contribution is 9.10. The summed E-state index contributed by atoms with van der Waals surface area (Å²) in [5.41, 5.74) is 5.40. The van der Waals surface area contributed by atoms with E-state index in [4.69, 9.17) is 4.98 Å². The Hall–Kier alpha value is -2.74. The molecule has 2 N–H and O–H groups in total. The average Bonchev–Trinajstić information content (AvgIpc) is 3.26. The van der Waals surface area contributed by atoms with Gasteiger partial charge in [0, 0.05) is 51.7 Å². The first-order valence-electron chi connectivity index (χ1n) is 8.71. The molecule has 138 valence electrons. The number of amides is 1. The molecule has 0 saturated carbocycles. The van der Waals surface area contributed by atoms with Gasteiger partial charge in [-0.25, -0.2) is 14.5 Å². The molecule has 0 bridgehead atoms. The van der Waals surface area contributed by atoms with Gasteiger partial charge in [-0.1, -0.05) is 15.9 Å². The quantitative estimate of drug-likeness (QED) is 0.513. The number of hydrogen-bond acceptors (Lipinski definition) is 4. The molecule has 0 unspecified atom stereocenters. The van der Waals surface area contributed by atoms with E-state index in [1.807, 2.05) is 36.6 Å². The Kier molecular flexibility index (Phi) is 4.65. The summed E-state index contributed by atoms with van der Waals surface area (Å²) in [5.74, 6) is -0.0266. The van der Waals surface area contributed by atoms with Crippen molar-refractivity contribution in [1.82, 2.24) is 29.9 Å². The van der Waals surface area contributed by atoms with Gasteiger partial charge in [0.1, 0.15) is 0 Å². The van der Waals surface area contributed by atoms with Crippen molar-refractivity contribution in [3.63, 3.8) is 0 Å². The molecule has 4 aromatic rings. The molecule has 0 spiro atoms. The number of hydrogen-bond donors (Lipinski definition) is 2. The Morgan fingerprint density at radius 3 is 2.96 bits per heavy atom. The standard InChI is InChI=1S/C19H19BrN6O/c1-11-16(8-18(27)22-6-5-14-9-21-10-23-14)12(2)26-19(24-11)15-4-3-13(20)7-17(15)25-26/h3-4,7,9-10H,5-6,8H2,1-2H3,(H,21,23)(H,22,27). The van der Waals surface area contributed by atoms with E-state index in [1.54, 1.807) is 12.5 Å². The zero-order valence-corrected chi connectivity index (χ0v) is 16.7. The van der Waals surface area contributed by atoms with Gasteiger partial charge in [-0.15, -0.1) is 0 Å². The second-order valence-corrected chi connectivity index (χ2v) is 7.43. The normalized spacial score (nSPS) is 11.4. The first kappa shape index (κ1) is 17.7. The van der Waals surface area contributed by atoms with Crippen LogP contribution in [0, 0.1) is 13.8 Å². The van der Waals surface area contributed by atoms with Gasteiger partial charge in [0.2, 0.25) is 5.91 Å². The molecular formula is C19H19BrN6O. The maximum absolute atomic E-state index is 12.4. The highest BCUT2D eigenvalue weighted by atomic mass is 79.9. The summed E-state index contributed by atoms with van der Waals surface area (Å²) >= 11 is 3.48. The third-order valence-electron chi connectivity index (χ3n) is 4.68. The molecular weight excluding hydrogens is 408 g/mol. The molecule has 0 aliphatic rings. The van der Waals surface area contributed by atoms with Gasteiger partial charge in [0.15, 0.2) is 5.65 Å². The minimum absolute atomic E-state index is 0.0266. The Morgan fingerprint density at radius 1 is 1.33 bits per heavy atom. The third-order valence-corrected chi connectivity index (χ3v) is 5.18. The maximum Gasteiger partial charge on any atom is 0.224 e. The number of nitrogens with zero attached hydrogens (tertiary/aromatic N) is 4. The molecule has 0 atom stereocenters. The molecule has 4 rings (SSSR count). The lowest BCUT2D eigenvalue weighted by Crippen LogP contribution is -2.28. The molecule has 1 amide bonds. The van der Waals surface area contributed by atoms with E-state index in [0.29, 0.717) is 6.54 Å².